The number of halogens is 1. The van der Waals surface area contributed by atoms with Crippen molar-refractivity contribution in [1.82, 2.24) is 0 Å². The van der Waals surface area contributed by atoms with Gasteiger partial charge in [0.1, 0.15) is 0 Å². The quantitative estimate of drug-likeness (QED) is 0.653. The number of ketones is 1. The van der Waals surface area contributed by atoms with Gasteiger partial charge in [0.15, 0.2) is 5.78 Å². The Morgan fingerprint density at radius 1 is 1.25 bits per heavy atom. The highest BCUT2D eigenvalue weighted by molar-refractivity contribution is 6.01. The molecule has 3 saturated carbocycles. The molecule has 7 atom stereocenters. The first-order valence-electron chi connectivity index (χ1n) is 11.3. The van der Waals surface area contributed by atoms with Crippen LogP contribution in [0.1, 0.15) is 52.9 Å². The van der Waals surface area contributed by atoms with Crippen LogP contribution in [-0.4, -0.2) is 48.2 Å². The fraction of sp³-hybridized carbons (Fsp3) is 0.708. The maximum Gasteiger partial charge on any atom is 0.509 e. The van der Waals surface area contributed by atoms with Crippen LogP contribution in [0.4, 0.5) is 9.18 Å². The van der Waals surface area contributed by atoms with E-state index in [2.05, 4.69) is 6.92 Å². The van der Waals surface area contributed by atoms with E-state index in [1.54, 1.807) is 19.1 Å². The number of carbonyl (C=O) groups excluding carboxylic acids is 3. The molecular formula is C24H31FO7. The lowest BCUT2D eigenvalue weighted by atomic mass is 9.46. The number of alkyl halides is 1. The van der Waals surface area contributed by atoms with Gasteiger partial charge >= 0.3 is 12.1 Å². The van der Waals surface area contributed by atoms with E-state index in [1.165, 1.54) is 0 Å². The van der Waals surface area contributed by atoms with Crippen LogP contribution in [0, 0.1) is 28.6 Å². The van der Waals surface area contributed by atoms with E-state index in [1.807, 2.05) is 13.0 Å². The Bertz CT molecular complexity index is 882. The lowest BCUT2D eigenvalue weighted by molar-refractivity contribution is -0.204. The van der Waals surface area contributed by atoms with Gasteiger partial charge in [-0.1, -0.05) is 25.5 Å². The summed E-state index contributed by atoms with van der Waals surface area (Å²) in [4.78, 5) is 37.3. The van der Waals surface area contributed by atoms with Crippen molar-refractivity contribution in [2.24, 2.45) is 28.6 Å². The van der Waals surface area contributed by atoms with Crippen LogP contribution in [0.2, 0.25) is 0 Å². The number of ether oxygens (including phenoxy) is 3. The van der Waals surface area contributed by atoms with Crippen LogP contribution < -0.4 is 0 Å². The van der Waals surface area contributed by atoms with Gasteiger partial charge in [0.2, 0.25) is 12.5 Å². The zero-order valence-electron chi connectivity index (χ0n) is 18.8. The van der Waals surface area contributed by atoms with Crippen molar-refractivity contribution in [3.8, 4) is 0 Å². The molecule has 1 N–H and O–H groups in total. The number of allylic oxidation sites excluding steroid dienone is 4. The van der Waals surface area contributed by atoms with Gasteiger partial charge in [-0.15, -0.1) is 0 Å². The topological polar surface area (TPSA) is 99.1 Å². The molecule has 4 aliphatic carbocycles. The minimum absolute atomic E-state index is 0.0367. The number of hydrogen-bond donors (Lipinski definition) is 1. The molecule has 0 amide bonds. The van der Waals surface area contributed by atoms with E-state index < -0.39 is 41.5 Å². The van der Waals surface area contributed by atoms with Crippen molar-refractivity contribution >= 4 is 17.9 Å². The molecule has 32 heavy (non-hydrogen) atoms. The molecule has 7 nitrogen and oxygen atoms in total. The monoisotopic (exact) mass is 450 g/mol. The predicted octanol–water partition coefficient (Wildman–Crippen LogP) is 3.65. The highest BCUT2D eigenvalue weighted by Gasteiger charge is 2.71. The third-order valence-electron chi connectivity index (χ3n) is 8.65. The largest absolute Gasteiger partial charge is 0.509 e. The van der Waals surface area contributed by atoms with Gasteiger partial charge in [0.25, 0.3) is 0 Å². The summed E-state index contributed by atoms with van der Waals surface area (Å²) in [7, 11) is 0. The van der Waals surface area contributed by atoms with Crippen LogP contribution in [0.3, 0.4) is 0 Å². The molecule has 0 aromatic heterocycles. The van der Waals surface area contributed by atoms with Crippen LogP contribution in [0.15, 0.2) is 23.8 Å². The van der Waals surface area contributed by atoms with E-state index in [9.17, 15) is 23.9 Å². The second kappa shape index (κ2) is 7.97. The molecular weight excluding hydrogens is 419 g/mol. The minimum atomic E-state index is -1.72. The third-order valence-corrected chi connectivity index (χ3v) is 8.65. The molecule has 0 aromatic carbocycles. The fourth-order valence-corrected chi connectivity index (χ4v) is 7.31. The van der Waals surface area contributed by atoms with Crippen LogP contribution in [-0.2, 0) is 23.8 Å². The number of rotatable bonds is 4. The normalized spacial score (nSPS) is 42.3. The molecule has 0 bridgehead atoms. The summed E-state index contributed by atoms with van der Waals surface area (Å²) in [5, 5.41) is 11.4. The van der Waals surface area contributed by atoms with Gasteiger partial charge in [-0.25, -0.2) is 14.0 Å². The first kappa shape index (κ1) is 23.0. The van der Waals surface area contributed by atoms with Crippen molar-refractivity contribution < 1.29 is 38.1 Å². The number of esters is 1. The number of carbonyl (C=O) groups is 3. The maximum absolute atomic E-state index is 13.0. The minimum Gasteiger partial charge on any atom is -0.435 e. The number of hydrogen-bond acceptors (Lipinski definition) is 7. The molecule has 0 radical (unpaired) electrons. The third kappa shape index (κ3) is 3.13. The summed E-state index contributed by atoms with van der Waals surface area (Å²) in [5.74, 6) is -1.13. The van der Waals surface area contributed by atoms with Gasteiger partial charge in [0.05, 0.1) is 12.7 Å². The van der Waals surface area contributed by atoms with E-state index in [0.717, 1.165) is 12.0 Å². The summed E-state index contributed by atoms with van der Waals surface area (Å²) in [6, 6.07) is 0. The summed E-state index contributed by atoms with van der Waals surface area (Å²) >= 11 is 0. The van der Waals surface area contributed by atoms with Gasteiger partial charge in [-0.2, -0.15) is 0 Å². The van der Waals surface area contributed by atoms with E-state index in [4.69, 9.17) is 14.2 Å². The number of aliphatic hydroxyl groups excluding tert-OH is 1. The zero-order chi connectivity index (χ0) is 23.3. The lowest BCUT2D eigenvalue weighted by Gasteiger charge is -2.59. The van der Waals surface area contributed by atoms with Gasteiger partial charge in [0, 0.05) is 16.7 Å². The lowest BCUT2D eigenvalue weighted by Crippen LogP contribution is -2.62. The Kier molecular flexibility index (Phi) is 5.72. The van der Waals surface area contributed by atoms with Gasteiger partial charge in [-0.05, 0) is 63.0 Å². The fourth-order valence-electron chi connectivity index (χ4n) is 7.31. The number of aliphatic hydroxyl groups is 1. The smallest absolute Gasteiger partial charge is 0.435 e. The zero-order valence-corrected chi connectivity index (χ0v) is 18.8. The van der Waals surface area contributed by atoms with Crippen LogP contribution in [0.5, 0.6) is 0 Å². The summed E-state index contributed by atoms with van der Waals surface area (Å²) < 4.78 is 28.3. The highest BCUT2D eigenvalue weighted by atomic mass is 19.1. The van der Waals surface area contributed by atoms with Gasteiger partial charge < -0.3 is 19.3 Å². The molecule has 4 rings (SSSR count). The first-order chi connectivity index (χ1) is 15.1. The Morgan fingerprint density at radius 3 is 2.69 bits per heavy atom. The molecule has 3 fully saturated rings. The standard InChI is InChI=1S/C24H31FO7/c1-4-30-21(29)32-24(20(28)31-13-25)10-8-17-16-6-5-14-11-15(26)7-9-22(14,2)19(16)18(27)12-23(17,24)3/h7,9,11,16-19,27H,4-6,8,10,12-13H2,1-3H3/t16-,17-,18-,19+,22-,23-,24?/m0/s1. The average molecular weight is 451 g/mol. The van der Waals surface area contributed by atoms with Crippen molar-refractivity contribution in [3.63, 3.8) is 0 Å². The van der Waals surface area contributed by atoms with Crippen molar-refractivity contribution in [3.05, 3.63) is 23.8 Å². The molecule has 0 aromatic rings. The first-order valence-corrected chi connectivity index (χ1v) is 11.3. The molecule has 0 saturated heterocycles. The van der Waals surface area contributed by atoms with Crippen molar-refractivity contribution in [2.75, 3.05) is 13.5 Å². The summed E-state index contributed by atoms with van der Waals surface area (Å²) in [6.07, 6.45) is 5.73. The molecule has 8 heteroatoms. The van der Waals surface area contributed by atoms with Crippen molar-refractivity contribution in [2.45, 2.75) is 64.6 Å². The molecule has 0 aliphatic heterocycles. The van der Waals surface area contributed by atoms with Crippen LogP contribution >= 0.6 is 0 Å². The van der Waals surface area contributed by atoms with E-state index >= 15 is 0 Å². The molecule has 4 aliphatic rings. The molecule has 0 spiro atoms. The SMILES string of the molecule is CCOC(=O)OC1(C(=O)OCF)CC[C@H]2[C@@H]3CCC4=CC(=O)C=C[C@]4(C)[C@H]3[C@@H](O)C[C@@]21C. The van der Waals surface area contributed by atoms with E-state index in [-0.39, 0.29) is 43.0 Å². The number of fused-ring (bicyclic) bond motifs is 5. The Labute approximate surface area is 187 Å². The summed E-state index contributed by atoms with van der Waals surface area (Å²) in [5.41, 5.74) is -2.10. The summed E-state index contributed by atoms with van der Waals surface area (Å²) in [6.45, 7) is 4.25. The predicted molar refractivity (Wildman–Crippen MR) is 111 cm³/mol. The Morgan fingerprint density at radius 2 is 2.00 bits per heavy atom. The second-order valence-electron chi connectivity index (χ2n) is 9.90. The van der Waals surface area contributed by atoms with Crippen LogP contribution in [0.25, 0.3) is 0 Å². The highest BCUT2D eigenvalue weighted by Crippen LogP contribution is 2.68. The second-order valence-corrected chi connectivity index (χ2v) is 9.90. The van der Waals surface area contributed by atoms with E-state index in [0.29, 0.717) is 12.8 Å². The molecule has 0 heterocycles. The Balaban J connectivity index is 1.73. The average Bonchev–Trinajstić information content (AvgIpc) is 3.01. The van der Waals surface area contributed by atoms with Gasteiger partial charge in [-0.3, -0.25) is 4.79 Å². The Hall–Kier alpha value is -2.22. The molecule has 1 unspecified atom stereocenters. The molecule has 176 valence electrons. The maximum atomic E-state index is 13.0. The van der Waals surface area contributed by atoms with Crippen molar-refractivity contribution in [1.29, 1.82) is 0 Å².